The molecule has 15 heavy (non-hydrogen) atoms. The zero-order valence-electron chi connectivity index (χ0n) is 8.69. The van der Waals surface area contributed by atoms with E-state index < -0.39 is 0 Å². The highest BCUT2D eigenvalue weighted by molar-refractivity contribution is 6.30. The first-order valence-electron chi connectivity index (χ1n) is 5.10. The molecule has 1 fully saturated rings. The van der Waals surface area contributed by atoms with Gasteiger partial charge in [0.25, 0.3) is 0 Å². The van der Waals surface area contributed by atoms with Gasteiger partial charge in [-0.1, -0.05) is 11.6 Å². The molecule has 1 aliphatic rings. The maximum atomic E-state index is 13.3. The van der Waals surface area contributed by atoms with E-state index in [0.717, 1.165) is 37.4 Å². The highest BCUT2D eigenvalue weighted by atomic mass is 35.5. The van der Waals surface area contributed by atoms with Gasteiger partial charge in [-0.2, -0.15) is 0 Å². The van der Waals surface area contributed by atoms with E-state index in [0.29, 0.717) is 0 Å². The summed E-state index contributed by atoms with van der Waals surface area (Å²) >= 11 is 5.72. The Labute approximate surface area is 94.0 Å². The van der Waals surface area contributed by atoms with Crippen LogP contribution in [0.3, 0.4) is 0 Å². The fraction of sp³-hybridized carbons (Fsp3) is 0.455. The molecule has 1 N–H and O–H groups in total. The summed E-state index contributed by atoms with van der Waals surface area (Å²) in [5, 5.41) is 3.47. The third-order valence-corrected chi connectivity index (χ3v) is 2.99. The number of rotatable bonds is 1. The van der Waals surface area contributed by atoms with Gasteiger partial charge >= 0.3 is 0 Å². The predicted molar refractivity (Wildman–Crippen MR) is 61.2 cm³/mol. The molecule has 82 valence electrons. The molecular weight excluding hydrogens is 215 g/mol. The normalized spacial score (nSPS) is 16.9. The highest BCUT2D eigenvalue weighted by Gasteiger charge is 2.14. The molecule has 0 atom stereocenters. The lowest BCUT2D eigenvalue weighted by molar-refractivity contribution is 0.583. The van der Waals surface area contributed by atoms with E-state index in [1.807, 2.05) is 6.92 Å². The van der Waals surface area contributed by atoms with Crippen LogP contribution in [0.1, 0.15) is 5.56 Å². The lowest BCUT2D eigenvalue weighted by Crippen LogP contribution is -2.43. The Kier molecular flexibility index (Phi) is 3.12. The number of piperazine rings is 1. The Bertz CT molecular complexity index is 362. The van der Waals surface area contributed by atoms with Crippen LogP contribution in [-0.2, 0) is 0 Å². The molecule has 0 unspecified atom stereocenters. The monoisotopic (exact) mass is 228 g/mol. The maximum absolute atomic E-state index is 13.3. The maximum Gasteiger partial charge on any atom is 0.143 e. The van der Waals surface area contributed by atoms with Crippen molar-refractivity contribution < 1.29 is 4.39 Å². The van der Waals surface area contributed by atoms with Crippen molar-refractivity contribution in [3.8, 4) is 0 Å². The zero-order valence-corrected chi connectivity index (χ0v) is 9.44. The summed E-state index contributed by atoms with van der Waals surface area (Å²) in [6.45, 7) is 5.69. The average molecular weight is 229 g/mol. The topological polar surface area (TPSA) is 15.3 Å². The molecule has 1 aromatic rings. The van der Waals surface area contributed by atoms with Crippen LogP contribution in [0.4, 0.5) is 10.1 Å². The smallest absolute Gasteiger partial charge is 0.143 e. The first kappa shape index (κ1) is 10.7. The minimum Gasteiger partial charge on any atom is -0.369 e. The summed E-state index contributed by atoms with van der Waals surface area (Å²) in [6.07, 6.45) is 0. The number of benzene rings is 1. The zero-order chi connectivity index (χ0) is 10.8. The number of anilines is 1. The van der Waals surface area contributed by atoms with Crippen LogP contribution in [0.15, 0.2) is 12.1 Å². The van der Waals surface area contributed by atoms with Crippen molar-refractivity contribution in [1.29, 1.82) is 0 Å². The number of hydrogen-bond acceptors (Lipinski definition) is 2. The molecule has 0 saturated carbocycles. The van der Waals surface area contributed by atoms with Gasteiger partial charge in [-0.3, -0.25) is 0 Å². The molecule has 2 nitrogen and oxygen atoms in total. The predicted octanol–water partition coefficient (Wildman–Crippen LogP) is 2.20. The van der Waals surface area contributed by atoms with Crippen LogP contribution >= 0.6 is 11.6 Å². The van der Waals surface area contributed by atoms with Crippen LogP contribution in [0.2, 0.25) is 5.02 Å². The van der Waals surface area contributed by atoms with E-state index in [2.05, 4.69) is 10.2 Å². The first-order valence-corrected chi connectivity index (χ1v) is 5.47. The van der Waals surface area contributed by atoms with Gasteiger partial charge < -0.3 is 10.2 Å². The number of nitrogens with one attached hydrogen (secondary N) is 1. The molecular formula is C11H14ClFN2. The second-order valence-corrected chi connectivity index (χ2v) is 4.20. The van der Waals surface area contributed by atoms with Gasteiger partial charge in [0, 0.05) is 31.9 Å². The van der Waals surface area contributed by atoms with E-state index in [-0.39, 0.29) is 10.8 Å². The number of aryl methyl sites for hydroxylation is 1. The van der Waals surface area contributed by atoms with Gasteiger partial charge in [0.1, 0.15) is 5.82 Å². The number of hydrogen-bond donors (Lipinski definition) is 1. The molecule has 1 aromatic carbocycles. The molecule has 1 heterocycles. The molecule has 0 spiro atoms. The van der Waals surface area contributed by atoms with Crippen molar-refractivity contribution in [2.24, 2.45) is 0 Å². The van der Waals surface area contributed by atoms with Crippen LogP contribution in [0.25, 0.3) is 0 Å². The van der Waals surface area contributed by atoms with Gasteiger partial charge in [0.05, 0.1) is 5.02 Å². The van der Waals surface area contributed by atoms with Crippen LogP contribution < -0.4 is 10.2 Å². The fourth-order valence-electron chi connectivity index (χ4n) is 1.88. The van der Waals surface area contributed by atoms with E-state index >= 15 is 0 Å². The second-order valence-electron chi connectivity index (χ2n) is 3.79. The quantitative estimate of drug-likeness (QED) is 0.793. The Hall–Kier alpha value is -0.800. The van der Waals surface area contributed by atoms with E-state index in [1.165, 1.54) is 6.07 Å². The van der Waals surface area contributed by atoms with E-state index in [1.54, 1.807) is 6.07 Å². The van der Waals surface area contributed by atoms with Gasteiger partial charge in [-0.15, -0.1) is 0 Å². The number of nitrogens with zero attached hydrogens (tertiary/aromatic N) is 1. The largest absolute Gasteiger partial charge is 0.369 e. The van der Waals surface area contributed by atoms with Crippen molar-refractivity contribution in [3.63, 3.8) is 0 Å². The summed E-state index contributed by atoms with van der Waals surface area (Å²) in [5.41, 5.74) is 1.99. The van der Waals surface area contributed by atoms with Gasteiger partial charge in [0.15, 0.2) is 0 Å². The molecule has 0 aliphatic carbocycles. The molecule has 0 amide bonds. The van der Waals surface area contributed by atoms with Gasteiger partial charge in [0.2, 0.25) is 0 Å². The molecule has 4 heteroatoms. The molecule has 0 bridgehead atoms. The van der Waals surface area contributed by atoms with Gasteiger partial charge in [-0.05, 0) is 24.6 Å². The SMILES string of the molecule is Cc1cc(Cl)c(F)cc1N1CCNCC1. The average Bonchev–Trinajstić information content (AvgIpc) is 2.25. The van der Waals surface area contributed by atoms with Crippen molar-refractivity contribution in [2.75, 3.05) is 31.1 Å². The second kappa shape index (κ2) is 4.37. The van der Waals surface area contributed by atoms with Crippen molar-refractivity contribution in [3.05, 3.63) is 28.5 Å². The standard InChI is InChI=1S/C11H14ClFN2/c1-8-6-9(12)10(13)7-11(8)15-4-2-14-3-5-15/h6-7,14H,2-5H2,1H3. The lowest BCUT2D eigenvalue weighted by atomic mass is 10.1. The van der Waals surface area contributed by atoms with Gasteiger partial charge in [-0.25, -0.2) is 4.39 Å². The van der Waals surface area contributed by atoms with Crippen LogP contribution in [-0.4, -0.2) is 26.2 Å². The molecule has 1 aliphatic heterocycles. The summed E-state index contributed by atoms with van der Waals surface area (Å²) in [6, 6.07) is 3.22. The third kappa shape index (κ3) is 2.24. The third-order valence-electron chi connectivity index (χ3n) is 2.70. The summed E-state index contributed by atoms with van der Waals surface area (Å²) in [5.74, 6) is -0.337. The summed E-state index contributed by atoms with van der Waals surface area (Å²) < 4.78 is 13.3. The van der Waals surface area contributed by atoms with E-state index in [4.69, 9.17) is 11.6 Å². The summed E-state index contributed by atoms with van der Waals surface area (Å²) in [4.78, 5) is 2.19. The Morgan fingerprint density at radius 1 is 1.33 bits per heavy atom. The van der Waals surface area contributed by atoms with E-state index in [9.17, 15) is 4.39 Å². The Morgan fingerprint density at radius 3 is 2.67 bits per heavy atom. The summed E-state index contributed by atoms with van der Waals surface area (Å²) in [7, 11) is 0. The highest BCUT2D eigenvalue weighted by Crippen LogP contribution is 2.26. The molecule has 0 radical (unpaired) electrons. The van der Waals surface area contributed by atoms with Crippen molar-refractivity contribution in [2.45, 2.75) is 6.92 Å². The van der Waals surface area contributed by atoms with Crippen molar-refractivity contribution >= 4 is 17.3 Å². The molecule has 2 rings (SSSR count). The lowest BCUT2D eigenvalue weighted by Gasteiger charge is -2.30. The molecule has 0 aromatic heterocycles. The van der Waals surface area contributed by atoms with Crippen molar-refractivity contribution in [1.82, 2.24) is 5.32 Å². The minimum absolute atomic E-state index is 0.200. The number of halogens is 2. The Balaban J connectivity index is 2.30. The minimum atomic E-state index is -0.337. The Morgan fingerprint density at radius 2 is 2.00 bits per heavy atom. The fourth-order valence-corrected chi connectivity index (χ4v) is 2.10. The molecule has 1 saturated heterocycles. The first-order chi connectivity index (χ1) is 7.18. The van der Waals surface area contributed by atoms with Crippen LogP contribution in [0.5, 0.6) is 0 Å². The van der Waals surface area contributed by atoms with Crippen LogP contribution in [0, 0.1) is 12.7 Å².